The summed E-state index contributed by atoms with van der Waals surface area (Å²) >= 11 is 0. The van der Waals surface area contributed by atoms with E-state index >= 15 is 0 Å². The van der Waals surface area contributed by atoms with Gasteiger partial charge in [0.05, 0.1) is 0 Å². The van der Waals surface area contributed by atoms with Crippen LogP contribution in [0.3, 0.4) is 0 Å². The van der Waals surface area contributed by atoms with Crippen molar-refractivity contribution in [2.75, 3.05) is 38.1 Å². The van der Waals surface area contributed by atoms with Crippen molar-refractivity contribution in [3.63, 3.8) is 0 Å². The largest absolute Gasteiger partial charge is 0.409 e. The van der Waals surface area contributed by atoms with Crippen LogP contribution in [0.15, 0.2) is 17.3 Å². The van der Waals surface area contributed by atoms with Gasteiger partial charge in [0.2, 0.25) is 0 Å². The first-order valence-corrected chi connectivity index (χ1v) is 6.93. The van der Waals surface area contributed by atoms with Crippen LogP contribution in [0.4, 0.5) is 14.5 Å². The minimum atomic E-state index is -0.722. The second-order valence-corrected chi connectivity index (χ2v) is 5.24. The second-order valence-electron chi connectivity index (χ2n) is 5.24. The van der Waals surface area contributed by atoms with Crippen molar-refractivity contribution in [1.29, 1.82) is 0 Å². The van der Waals surface area contributed by atoms with E-state index in [-0.39, 0.29) is 17.1 Å². The molecular weight excluding hydrogens is 278 g/mol. The third-order valence-corrected chi connectivity index (χ3v) is 3.75. The number of halogens is 2. The molecule has 0 atom stereocenters. The van der Waals surface area contributed by atoms with E-state index in [4.69, 9.17) is 10.9 Å². The van der Waals surface area contributed by atoms with Crippen LogP contribution in [-0.2, 0) is 0 Å². The zero-order valence-corrected chi connectivity index (χ0v) is 12.0. The smallest absolute Gasteiger partial charge is 0.170 e. The second kappa shape index (κ2) is 6.71. The first kappa shape index (κ1) is 15.5. The lowest BCUT2D eigenvalue weighted by Gasteiger charge is -2.24. The van der Waals surface area contributed by atoms with E-state index < -0.39 is 11.6 Å². The zero-order valence-electron chi connectivity index (χ0n) is 12.0. The zero-order chi connectivity index (χ0) is 15.4. The van der Waals surface area contributed by atoms with Crippen LogP contribution in [0.1, 0.15) is 18.4 Å². The molecule has 0 unspecified atom stereocenters. The fourth-order valence-electron chi connectivity index (χ4n) is 2.55. The van der Waals surface area contributed by atoms with Gasteiger partial charge in [-0.3, -0.25) is 0 Å². The van der Waals surface area contributed by atoms with Crippen molar-refractivity contribution in [2.45, 2.75) is 12.8 Å². The van der Waals surface area contributed by atoms with E-state index in [2.05, 4.69) is 10.1 Å². The fourth-order valence-corrected chi connectivity index (χ4v) is 2.55. The Morgan fingerprint density at radius 3 is 2.43 bits per heavy atom. The Morgan fingerprint density at radius 1 is 1.33 bits per heavy atom. The van der Waals surface area contributed by atoms with Crippen LogP contribution >= 0.6 is 0 Å². The van der Waals surface area contributed by atoms with Crippen molar-refractivity contribution in [1.82, 2.24) is 4.90 Å². The predicted molar refractivity (Wildman–Crippen MR) is 77.8 cm³/mol. The first-order valence-electron chi connectivity index (χ1n) is 6.93. The van der Waals surface area contributed by atoms with Gasteiger partial charge in [0.1, 0.15) is 17.3 Å². The fraction of sp³-hybridized carbons (Fsp3) is 0.500. The summed E-state index contributed by atoms with van der Waals surface area (Å²) in [6.45, 7) is 3.40. The lowest BCUT2D eigenvalue weighted by atomic mass is 10.1. The number of anilines is 1. The number of likely N-dealkylation sites (tertiary alicyclic amines) is 1. The lowest BCUT2D eigenvalue weighted by Crippen LogP contribution is -2.32. The van der Waals surface area contributed by atoms with Crippen LogP contribution in [0.25, 0.3) is 0 Å². The molecule has 1 aromatic carbocycles. The molecule has 0 saturated carbocycles. The molecule has 0 radical (unpaired) electrons. The molecule has 0 bridgehead atoms. The molecule has 1 aliphatic rings. The van der Waals surface area contributed by atoms with Gasteiger partial charge in [-0.1, -0.05) is 5.16 Å². The summed E-state index contributed by atoms with van der Waals surface area (Å²) in [7, 11) is 1.65. The Bertz CT molecular complexity index is 507. The van der Waals surface area contributed by atoms with Crippen LogP contribution in [0.5, 0.6) is 0 Å². The number of amidine groups is 1. The Labute approximate surface area is 122 Å². The van der Waals surface area contributed by atoms with Gasteiger partial charge in [-0.2, -0.15) is 0 Å². The van der Waals surface area contributed by atoms with Crippen LogP contribution in [0.2, 0.25) is 0 Å². The molecule has 0 amide bonds. The van der Waals surface area contributed by atoms with Gasteiger partial charge in [-0.15, -0.1) is 0 Å². The van der Waals surface area contributed by atoms with E-state index in [0.717, 1.165) is 31.8 Å². The molecule has 7 heteroatoms. The molecule has 0 aromatic heterocycles. The number of rotatable bonds is 5. The Hall–Kier alpha value is -1.89. The molecule has 2 rings (SSSR count). The number of likely N-dealkylation sites (N-methyl/N-ethyl adjacent to an activating group) is 1. The highest BCUT2D eigenvalue weighted by atomic mass is 19.1. The number of nitrogens with zero attached hydrogens (tertiary/aromatic N) is 3. The number of hydrogen-bond donors (Lipinski definition) is 2. The third kappa shape index (κ3) is 3.60. The normalized spacial score (nSPS) is 16.4. The van der Waals surface area contributed by atoms with E-state index in [0.29, 0.717) is 6.54 Å². The molecule has 21 heavy (non-hydrogen) atoms. The number of oxime groups is 1. The van der Waals surface area contributed by atoms with Gasteiger partial charge in [0.15, 0.2) is 5.84 Å². The molecular formula is C14H20F2N4O. The van der Waals surface area contributed by atoms with Gasteiger partial charge < -0.3 is 20.7 Å². The van der Waals surface area contributed by atoms with Crippen LogP contribution in [0, 0.1) is 11.6 Å². The van der Waals surface area contributed by atoms with Crippen molar-refractivity contribution >= 4 is 11.5 Å². The van der Waals surface area contributed by atoms with Crippen LogP contribution in [-0.4, -0.2) is 49.2 Å². The minimum absolute atomic E-state index is 0.0178. The number of benzene rings is 1. The van der Waals surface area contributed by atoms with Crippen LogP contribution < -0.4 is 10.6 Å². The van der Waals surface area contributed by atoms with Crippen molar-refractivity contribution in [3.05, 3.63) is 29.3 Å². The molecule has 116 valence electrons. The Kier molecular flexibility index (Phi) is 4.95. The minimum Gasteiger partial charge on any atom is -0.409 e. The Balaban J connectivity index is 2.11. The molecule has 5 nitrogen and oxygen atoms in total. The highest BCUT2D eigenvalue weighted by molar-refractivity contribution is 5.97. The molecule has 0 aliphatic carbocycles. The summed E-state index contributed by atoms with van der Waals surface area (Å²) in [6.07, 6.45) is 2.36. The summed E-state index contributed by atoms with van der Waals surface area (Å²) in [5.74, 6) is -1.76. The molecule has 1 aliphatic heterocycles. The van der Waals surface area contributed by atoms with Gasteiger partial charge in [-0.05, 0) is 38.1 Å². The number of hydrogen-bond acceptors (Lipinski definition) is 4. The van der Waals surface area contributed by atoms with Crippen molar-refractivity contribution < 1.29 is 14.0 Å². The van der Waals surface area contributed by atoms with E-state index in [9.17, 15) is 8.78 Å². The SMILES string of the molecule is CN(CCN1CCCC1)c1c(F)cc(C(N)=NO)cc1F. The molecule has 1 aromatic rings. The highest BCUT2D eigenvalue weighted by Gasteiger charge is 2.18. The summed E-state index contributed by atoms with van der Waals surface area (Å²) in [5.41, 5.74) is 5.27. The molecule has 0 spiro atoms. The summed E-state index contributed by atoms with van der Waals surface area (Å²) in [5, 5.41) is 11.3. The maximum atomic E-state index is 14.1. The maximum absolute atomic E-state index is 14.1. The molecule has 1 heterocycles. The third-order valence-electron chi connectivity index (χ3n) is 3.75. The van der Waals surface area contributed by atoms with Crippen molar-refractivity contribution in [3.8, 4) is 0 Å². The molecule has 3 N–H and O–H groups in total. The summed E-state index contributed by atoms with van der Waals surface area (Å²) in [4.78, 5) is 3.83. The maximum Gasteiger partial charge on any atom is 0.170 e. The lowest BCUT2D eigenvalue weighted by molar-refractivity contribution is 0.318. The van der Waals surface area contributed by atoms with E-state index in [1.54, 1.807) is 11.9 Å². The van der Waals surface area contributed by atoms with E-state index in [1.165, 1.54) is 12.8 Å². The summed E-state index contributed by atoms with van der Waals surface area (Å²) < 4.78 is 28.1. The van der Waals surface area contributed by atoms with Gasteiger partial charge in [0.25, 0.3) is 0 Å². The van der Waals surface area contributed by atoms with Crippen molar-refractivity contribution in [2.24, 2.45) is 10.9 Å². The van der Waals surface area contributed by atoms with Gasteiger partial charge in [-0.25, -0.2) is 8.78 Å². The predicted octanol–water partition coefficient (Wildman–Crippen LogP) is 1.59. The quantitative estimate of drug-likeness (QED) is 0.375. The average molecular weight is 298 g/mol. The van der Waals surface area contributed by atoms with Gasteiger partial charge >= 0.3 is 0 Å². The summed E-state index contributed by atoms with van der Waals surface area (Å²) in [6, 6.07) is 2.14. The highest BCUT2D eigenvalue weighted by Crippen LogP contribution is 2.24. The monoisotopic (exact) mass is 298 g/mol. The van der Waals surface area contributed by atoms with E-state index in [1.807, 2.05) is 0 Å². The number of nitrogens with two attached hydrogens (primary N) is 1. The topological polar surface area (TPSA) is 65.1 Å². The molecule has 1 saturated heterocycles. The Morgan fingerprint density at radius 2 is 1.90 bits per heavy atom. The molecule has 1 fully saturated rings. The first-order chi connectivity index (χ1) is 10.0. The standard InChI is InChI=1S/C14H20F2N4O/c1-19(6-7-20-4-2-3-5-20)13-11(15)8-10(9-12(13)16)14(17)18-21/h8-9,21H,2-7H2,1H3,(H2,17,18). The average Bonchev–Trinajstić information content (AvgIpc) is 2.96. The van der Waals surface area contributed by atoms with Gasteiger partial charge in [0, 0.05) is 25.7 Å².